The first kappa shape index (κ1) is 15.4. The summed E-state index contributed by atoms with van der Waals surface area (Å²) in [5, 5.41) is 9.45. The molecule has 0 aliphatic rings. The van der Waals surface area contributed by atoms with Gasteiger partial charge in [0.2, 0.25) is 0 Å². The third-order valence-electron chi connectivity index (χ3n) is 3.90. The highest BCUT2D eigenvalue weighted by Crippen LogP contribution is 2.32. The van der Waals surface area contributed by atoms with Crippen LogP contribution < -0.4 is 0 Å². The third-order valence-corrected chi connectivity index (χ3v) is 5.66. The van der Waals surface area contributed by atoms with Gasteiger partial charge in [0.1, 0.15) is 6.33 Å². The van der Waals surface area contributed by atoms with Crippen molar-refractivity contribution in [3.8, 4) is 17.3 Å². The summed E-state index contributed by atoms with van der Waals surface area (Å²) in [6.07, 6.45) is 5.36. The molecule has 0 unspecified atom stereocenters. The number of nitrogens with zero attached hydrogens (tertiary/aromatic N) is 6. The van der Waals surface area contributed by atoms with Crippen LogP contribution in [0.15, 0.2) is 69.2 Å². The molecule has 1 aromatic carbocycles. The second kappa shape index (κ2) is 6.11. The van der Waals surface area contributed by atoms with Gasteiger partial charge in [-0.05, 0) is 42.1 Å². The minimum atomic E-state index is 0.698. The zero-order valence-electron chi connectivity index (χ0n) is 13.6. The van der Waals surface area contributed by atoms with E-state index >= 15 is 0 Å². The van der Waals surface area contributed by atoms with Crippen molar-refractivity contribution in [1.29, 1.82) is 0 Å². The summed E-state index contributed by atoms with van der Waals surface area (Å²) in [4.78, 5) is 8.80. The highest BCUT2D eigenvalue weighted by atomic mass is 32.2. The summed E-state index contributed by atoms with van der Waals surface area (Å²) in [7, 11) is 1.90. The predicted molar refractivity (Wildman–Crippen MR) is 99.6 cm³/mol. The van der Waals surface area contributed by atoms with Crippen LogP contribution >= 0.6 is 23.1 Å². The van der Waals surface area contributed by atoms with E-state index in [1.54, 1.807) is 23.9 Å². The van der Waals surface area contributed by atoms with Crippen LogP contribution in [0.3, 0.4) is 0 Å². The SMILES string of the molecule is Cn1cnnc1Sc1ccc(-c2nccn2-c2ccc3ncsc3c2)o1. The van der Waals surface area contributed by atoms with E-state index in [9.17, 15) is 0 Å². The van der Waals surface area contributed by atoms with Crippen molar-refractivity contribution in [1.82, 2.24) is 29.3 Å². The van der Waals surface area contributed by atoms with Crippen molar-refractivity contribution in [3.05, 3.63) is 54.6 Å². The van der Waals surface area contributed by atoms with Gasteiger partial charge in [-0.25, -0.2) is 9.97 Å². The summed E-state index contributed by atoms with van der Waals surface area (Å²) >= 11 is 3.04. The number of furan rings is 1. The molecule has 128 valence electrons. The number of rotatable bonds is 4. The fraction of sp³-hybridized carbons (Fsp3) is 0.0588. The molecule has 4 aromatic heterocycles. The van der Waals surface area contributed by atoms with E-state index in [2.05, 4.69) is 26.2 Å². The second-order valence-corrected chi connectivity index (χ2v) is 7.43. The number of aromatic nitrogens is 6. The molecule has 0 spiro atoms. The lowest BCUT2D eigenvalue weighted by molar-refractivity contribution is 0.482. The van der Waals surface area contributed by atoms with E-state index in [1.807, 2.05) is 52.2 Å². The zero-order chi connectivity index (χ0) is 17.5. The molecular weight excluding hydrogens is 368 g/mol. The maximum Gasteiger partial charge on any atom is 0.198 e. The van der Waals surface area contributed by atoms with Crippen LogP contribution in [0.2, 0.25) is 0 Å². The number of hydrogen-bond donors (Lipinski definition) is 0. The lowest BCUT2D eigenvalue weighted by Gasteiger charge is -2.06. The monoisotopic (exact) mass is 380 g/mol. The van der Waals surface area contributed by atoms with Crippen LogP contribution in [-0.2, 0) is 7.05 Å². The van der Waals surface area contributed by atoms with Gasteiger partial charge in [-0.15, -0.1) is 21.5 Å². The molecule has 5 aromatic rings. The Kier molecular flexibility index (Phi) is 3.61. The van der Waals surface area contributed by atoms with Gasteiger partial charge in [0.25, 0.3) is 0 Å². The van der Waals surface area contributed by atoms with Crippen LogP contribution in [0.25, 0.3) is 27.5 Å². The fourth-order valence-electron chi connectivity index (χ4n) is 2.64. The topological polar surface area (TPSA) is 74.6 Å². The standard InChI is InChI=1S/C17H12N6OS2/c1-22-9-20-21-17(22)26-15-5-4-13(24-15)16-18-6-7-23(16)11-2-3-12-14(8-11)25-10-19-12/h2-10H,1H3. The van der Waals surface area contributed by atoms with E-state index in [-0.39, 0.29) is 0 Å². The smallest absolute Gasteiger partial charge is 0.198 e. The lowest BCUT2D eigenvalue weighted by Crippen LogP contribution is -1.95. The van der Waals surface area contributed by atoms with Crippen molar-refractivity contribution in [2.24, 2.45) is 7.05 Å². The van der Waals surface area contributed by atoms with E-state index < -0.39 is 0 Å². The molecule has 0 fully saturated rings. The molecule has 0 aliphatic heterocycles. The maximum atomic E-state index is 5.98. The Hall–Kier alpha value is -2.91. The highest BCUT2D eigenvalue weighted by Gasteiger charge is 2.14. The molecule has 0 atom stereocenters. The van der Waals surface area contributed by atoms with Gasteiger partial charge < -0.3 is 8.98 Å². The molecule has 0 bridgehead atoms. The molecule has 0 N–H and O–H groups in total. The maximum absolute atomic E-state index is 5.98. The predicted octanol–water partition coefficient (Wildman–Crippen LogP) is 4.02. The van der Waals surface area contributed by atoms with E-state index in [1.165, 1.54) is 11.8 Å². The minimum Gasteiger partial charge on any atom is -0.446 e. The van der Waals surface area contributed by atoms with Gasteiger partial charge in [-0.2, -0.15) is 0 Å². The summed E-state index contributed by atoms with van der Waals surface area (Å²) in [5.41, 5.74) is 3.88. The first-order chi connectivity index (χ1) is 12.8. The molecule has 0 radical (unpaired) electrons. The Morgan fingerprint density at radius 2 is 2.12 bits per heavy atom. The summed E-state index contributed by atoms with van der Waals surface area (Å²) in [5.74, 6) is 1.45. The van der Waals surface area contributed by atoms with Crippen molar-refractivity contribution in [2.75, 3.05) is 0 Å². The number of imidazole rings is 1. The highest BCUT2D eigenvalue weighted by molar-refractivity contribution is 7.99. The molecule has 4 heterocycles. The average Bonchev–Trinajstić information content (AvgIpc) is 3.42. The van der Waals surface area contributed by atoms with Crippen LogP contribution in [0.1, 0.15) is 0 Å². The lowest BCUT2D eigenvalue weighted by atomic mass is 10.3. The van der Waals surface area contributed by atoms with Crippen molar-refractivity contribution >= 4 is 33.3 Å². The average molecular weight is 380 g/mol. The van der Waals surface area contributed by atoms with E-state index in [4.69, 9.17) is 4.42 Å². The van der Waals surface area contributed by atoms with E-state index in [0.717, 1.165) is 32.0 Å². The number of fused-ring (bicyclic) bond motifs is 1. The molecule has 7 nitrogen and oxygen atoms in total. The van der Waals surface area contributed by atoms with Gasteiger partial charge >= 0.3 is 0 Å². The Balaban J connectivity index is 1.50. The minimum absolute atomic E-state index is 0.698. The van der Waals surface area contributed by atoms with Gasteiger partial charge in [-0.3, -0.25) is 4.57 Å². The van der Waals surface area contributed by atoms with Crippen LogP contribution in [0, 0.1) is 0 Å². The normalized spacial score (nSPS) is 11.4. The number of aryl methyl sites for hydroxylation is 1. The molecule has 9 heteroatoms. The van der Waals surface area contributed by atoms with Crippen molar-refractivity contribution in [2.45, 2.75) is 10.2 Å². The van der Waals surface area contributed by atoms with Crippen LogP contribution in [0.5, 0.6) is 0 Å². The van der Waals surface area contributed by atoms with Gasteiger partial charge in [0.15, 0.2) is 21.8 Å². The van der Waals surface area contributed by atoms with Crippen molar-refractivity contribution in [3.63, 3.8) is 0 Å². The first-order valence-corrected chi connectivity index (χ1v) is 9.46. The quantitative estimate of drug-likeness (QED) is 0.469. The molecule has 0 amide bonds. The summed E-state index contributed by atoms with van der Waals surface area (Å²) in [6, 6.07) is 9.99. The Labute approximate surface area is 156 Å². The Morgan fingerprint density at radius 1 is 1.15 bits per heavy atom. The summed E-state index contributed by atoms with van der Waals surface area (Å²) in [6.45, 7) is 0. The number of benzene rings is 1. The molecular formula is C17H12N6OS2. The van der Waals surface area contributed by atoms with Crippen molar-refractivity contribution < 1.29 is 4.42 Å². The van der Waals surface area contributed by atoms with Gasteiger partial charge in [0.05, 0.1) is 15.7 Å². The Bertz CT molecular complexity index is 1200. The number of hydrogen-bond acceptors (Lipinski definition) is 7. The molecule has 0 saturated carbocycles. The van der Waals surface area contributed by atoms with Crippen LogP contribution in [0.4, 0.5) is 0 Å². The molecule has 26 heavy (non-hydrogen) atoms. The zero-order valence-corrected chi connectivity index (χ0v) is 15.2. The largest absolute Gasteiger partial charge is 0.446 e. The third kappa shape index (κ3) is 2.61. The second-order valence-electron chi connectivity index (χ2n) is 5.57. The molecule has 5 rings (SSSR count). The van der Waals surface area contributed by atoms with Gasteiger partial charge in [-0.1, -0.05) is 0 Å². The van der Waals surface area contributed by atoms with Gasteiger partial charge in [0, 0.05) is 25.1 Å². The Morgan fingerprint density at radius 3 is 3.00 bits per heavy atom. The number of thiazole rings is 1. The fourth-order valence-corrected chi connectivity index (χ4v) is 4.07. The van der Waals surface area contributed by atoms with Crippen LogP contribution in [-0.4, -0.2) is 29.3 Å². The molecule has 0 saturated heterocycles. The summed E-state index contributed by atoms with van der Waals surface area (Å²) < 4.78 is 11.0. The molecule has 0 aliphatic carbocycles. The van der Waals surface area contributed by atoms with E-state index in [0.29, 0.717) is 5.76 Å². The first-order valence-electron chi connectivity index (χ1n) is 7.77.